The zero-order valence-electron chi connectivity index (χ0n) is 15.8. The molecule has 1 fully saturated rings. The smallest absolute Gasteiger partial charge is 0.265 e. The highest BCUT2D eigenvalue weighted by Crippen LogP contribution is 2.33. The van der Waals surface area contributed by atoms with Crippen LogP contribution in [0.15, 0.2) is 24.3 Å². The van der Waals surface area contributed by atoms with Crippen LogP contribution in [0.3, 0.4) is 0 Å². The van der Waals surface area contributed by atoms with Crippen molar-refractivity contribution in [2.24, 2.45) is 0 Å². The molecule has 2 aromatic rings. The molecule has 0 atom stereocenters. The summed E-state index contributed by atoms with van der Waals surface area (Å²) in [4.78, 5) is 19.9. The Morgan fingerprint density at radius 2 is 1.93 bits per heavy atom. The van der Waals surface area contributed by atoms with Gasteiger partial charge in [0.25, 0.3) is 5.91 Å². The molecule has 6 heteroatoms. The van der Waals surface area contributed by atoms with Gasteiger partial charge < -0.3 is 15.1 Å². The van der Waals surface area contributed by atoms with E-state index < -0.39 is 0 Å². The molecule has 2 heterocycles. The third-order valence-electron chi connectivity index (χ3n) is 5.59. The molecule has 27 heavy (non-hydrogen) atoms. The number of thiophene rings is 1. The van der Waals surface area contributed by atoms with Gasteiger partial charge in [0.1, 0.15) is 0 Å². The molecule has 4 rings (SSSR count). The van der Waals surface area contributed by atoms with Crippen molar-refractivity contribution in [2.75, 3.05) is 42.9 Å². The average molecular weight is 404 g/mol. The quantitative estimate of drug-likeness (QED) is 0.805. The van der Waals surface area contributed by atoms with E-state index in [1.807, 2.05) is 18.2 Å². The number of aryl methyl sites for hydroxylation is 2. The maximum absolute atomic E-state index is 12.9. The Kier molecular flexibility index (Phi) is 5.71. The van der Waals surface area contributed by atoms with Gasteiger partial charge in [-0.3, -0.25) is 4.79 Å². The Hall–Kier alpha value is -1.56. The lowest BCUT2D eigenvalue weighted by atomic mass is 9.99. The van der Waals surface area contributed by atoms with E-state index in [0.717, 1.165) is 61.8 Å². The Bertz CT molecular complexity index is 803. The fourth-order valence-corrected chi connectivity index (χ4v) is 5.30. The number of amides is 1. The number of likely N-dealkylation sites (N-methyl/N-ethyl adjacent to an activating group) is 1. The summed E-state index contributed by atoms with van der Waals surface area (Å²) < 4.78 is 0. The van der Waals surface area contributed by atoms with Gasteiger partial charge in [-0.1, -0.05) is 18.5 Å². The second kappa shape index (κ2) is 8.21. The maximum atomic E-state index is 12.9. The zero-order chi connectivity index (χ0) is 18.8. The number of nitrogens with one attached hydrogen (secondary N) is 1. The molecule has 1 aliphatic heterocycles. The monoisotopic (exact) mass is 403 g/mol. The van der Waals surface area contributed by atoms with Crippen molar-refractivity contribution in [1.82, 2.24) is 4.90 Å². The molecule has 0 radical (unpaired) electrons. The van der Waals surface area contributed by atoms with E-state index in [0.29, 0.717) is 5.02 Å². The molecule has 4 nitrogen and oxygen atoms in total. The van der Waals surface area contributed by atoms with E-state index in [2.05, 4.69) is 28.1 Å². The van der Waals surface area contributed by atoms with Gasteiger partial charge in [0.05, 0.1) is 16.3 Å². The minimum atomic E-state index is -0.0230. The predicted molar refractivity (Wildman–Crippen MR) is 115 cm³/mol. The number of nitrogens with zero attached hydrogens (tertiary/aromatic N) is 2. The minimum Gasteiger partial charge on any atom is -0.367 e. The van der Waals surface area contributed by atoms with Crippen molar-refractivity contribution in [3.05, 3.63) is 44.6 Å². The van der Waals surface area contributed by atoms with Crippen LogP contribution in [0.2, 0.25) is 5.02 Å². The normalized spacial score (nSPS) is 17.6. The van der Waals surface area contributed by atoms with Crippen LogP contribution >= 0.6 is 22.9 Å². The highest BCUT2D eigenvalue weighted by atomic mass is 35.5. The standard InChI is InChI=1S/C21H26ClN3OS/c1-2-24-9-11-25(12-10-24)18-8-7-16(22)14-17(18)23-21(26)20-13-15-5-3-4-6-19(15)27-20/h7-8,13-14H,2-6,9-12H2,1H3,(H,23,26). The van der Waals surface area contributed by atoms with Gasteiger partial charge in [-0.2, -0.15) is 0 Å². The van der Waals surface area contributed by atoms with Crippen LogP contribution in [-0.2, 0) is 12.8 Å². The molecule has 0 bridgehead atoms. The van der Waals surface area contributed by atoms with Crippen molar-refractivity contribution in [3.8, 4) is 0 Å². The molecular formula is C21H26ClN3OS. The first-order valence-corrected chi connectivity index (χ1v) is 11.0. The van der Waals surface area contributed by atoms with Gasteiger partial charge in [-0.15, -0.1) is 11.3 Å². The van der Waals surface area contributed by atoms with Crippen molar-refractivity contribution >= 4 is 40.2 Å². The summed E-state index contributed by atoms with van der Waals surface area (Å²) in [6.07, 6.45) is 4.67. The summed E-state index contributed by atoms with van der Waals surface area (Å²) in [6.45, 7) is 7.30. The molecule has 1 aliphatic carbocycles. The lowest BCUT2D eigenvalue weighted by molar-refractivity contribution is 0.103. The summed E-state index contributed by atoms with van der Waals surface area (Å²) in [5.74, 6) is -0.0230. The Labute approximate surface area is 170 Å². The topological polar surface area (TPSA) is 35.6 Å². The lowest BCUT2D eigenvalue weighted by Crippen LogP contribution is -2.46. The van der Waals surface area contributed by atoms with Gasteiger partial charge >= 0.3 is 0 Å². The van der Waals surface area contributed by atoms with Gasteiger partial charge in [0.15, 0.2) is 0 Å². The molecule has 1 amide bonds. The summed E-state index contributed by atoms with van der Waals surface area (Å²) in [6, 6.07) is 7.88. The number of carbonyl (C=O) groups is 1. The van der Waals surface area contributed by atoms with Crippen LogP contribution in [0, 0.1) is 0 Å². The van der Waals surface area contributed by atoms with Gasteiger partial charge in [0.2, 0.25) is 0 Å². The zero-order valence-corrected chi connectivity index (χ0v) is 17.3. The maximum Gasteiger partial charge on any atom is 0.265 e. The van der Waals surface area contributed by atoms with Crippen molar-refractivity contribution < 1.29 is 4.79 Å². The molecule has 1 aromatic carbocycles. The molecule has 144 valence electrons. The number of fused-ring (bicyclic) bond motifs is 1. The summed E-state index contributed by atoms with van der Waals surface area (Å²) in [5, 5.41) is 3.78. The van der Waals surface area contributed by atoms with E-state index in [1.165, 1.54) is 23.3 Å². The minimum absolute atomic E-state index is 0.0230. The van der Waals surface area contributed by atoms with E-state index in [4.69, 9.17) is 11.6 Å². The van der Waals surface area contributed by atoms with Gasteiger partial charge in [-0.25, -0.2) is 0 Å². The van der Waals surface area contributed by atoms with E-state index in [1.54, 1.807) is 11.3 Å². The van der Waals surface area contributed by atoms with E-state index in [9.17, 15) is 4.79 Å². The first-order valence-electron chi connectivity index (χ1n) is 9.84. The fourth-order valence-electron chi connectivity index (χ4n) is 3.98. The predicted octanol–water partition coefficient (Wildman–Crippen LogP) is 4.67. The van der Waals surface area contributed by atoms with Crippen molar-refractivity contribution in [3.63, 3.8) is 0 Å². The fraction of sp³-hybridized carbons (Fsp3) is 0.476. The van der Waals surface area contributed by atoms with Crippen LogP contribution in [0.5, 0.6) is 0 Å². The van der Waals surface area contributed by atoms with Gasteiger partial charge in [-0.05, 0) is 62.1 Å². The number of halogens is 1. The SMILES string of the molecule is CCN1CCN(c2ccc(Cl)cc2NC(=O)c2cc3c(s2)CCCC3)CC1. The average Bonchev–Trinajstić information content (AvgIpc) is 3.13. The molecule has 1 saturated heterocycles. The van der Waals surface area contributed by atoms with Crippen LogP contribution in [-0.4, -0.2) is 43.5 Å². The van der Waals surface area contributed by atoms with Crippen molar-refractivity contribution in [2.45, 2.75) is 32.6 Å². The molecular weight excluding hydrogens is 378 g/mol. The van der Waals surface area contributed by atoms with E-state index in [-0.39, 0.29) is 5.91 Å². The third kappa shape index (κ3) is 4.15. The Morgan fingerprint density at radius 1 is 1.15 bits per heavy atom. The third-order valence-corrected chi connectivity index (χ3v) is 7.06. The number of rotatable bonds is 4. The molecule has 1 N–H and O–H groups in total. The highest BCUT2D eigenvalue weighted by molar-refractivity contribution is 7.14. The highest BCUT2D eigenvalue weighted by Gasteiger charge is 2.21. The van der Waals surface area contributed by atoms with E-state index >= 15 is 0 Å². The number of anilines is 2. The molecule has 2 aliphatic rings. The number of carbonyl (C=O) groups excluding carboxylic acids is 1. The lowest BCUT2D eigenvalue weighted by Gasteiger charge is -2.36. The first-order chi connectivity index (χ1) is 13.1. The number of hydrogen-bond donors (Lipinski definition) is 1. The number of hydrogen-bond acceptors (Lipinski definition) is 4. The summed E-state index contributed by atoms with van der Waals surface area (Å²) in [5.41, 5.74) is 3.23. The second-order valence-electron chi connectivity index (χ2n) is 7.30. The molecule has 0 saturated carbocycles. The number of piperazine rings is 1. The van der Waals surface area contributed by atoms with Crippen LogP contribution in [0.1, 0.15) is 39.9 Å². The summed E-state index contributed by atoms with van der Waals surface area (Å²) >= 11 is 7.88. The van der Waals surface area contributed by atoms with Crippen LogP contribution in [0.25, 0.3) is 0 Å². The Balaban J connectivity index is 1.53. The first kappa shape index (κ1) is 18.8. The molecule has 0 unspecified atom stereocenters. The largest absolute Gasteiger partial charge is 0.367 e. The molecule has 0 spiro atoms. The van der Waals surface area contributed by atoms with Crippen molar-refractivity contribution in [1.29, 1.82) is 0 Å². The second-order valence-corrected chi connectivity index (χ2v) is 8.88. The Morgan fingerprint density at radius 3 is 2.67 bits per heavy atom. The van der Waals surface area contributed by atoms with Gasteiger partial charge in [0, 0.05) is 36.1 Å². The molecule has 1 aromatic heterocycles. The summed E-state index contributed by atoms with van der Waals surface area (Å²) in [7, 11) is 0. The van der Waals surface area contributed by atoms with Crippen LogP contribution in [0.4, 0.5) is 11.4 Å². The number of benzene rings is 1. The van der Waals surface area contributed by atoms with Crippen LogP contribution < -0.4 is 10.2 Å².